The van der Waals surface area contributed by atoms with Crippen LogP contribution in [0.25, 0.3) is 0 Å². The van der Waals surface area contributed by atoms with E-state index in [1.165, 1.54) is 0 Å². The van der Waals surface area contributed by atoms with Gasteiger partial charge in [0.25, 0.3) is 0 Å². The van der Waals surface area contributed by atoms with Crippen molar-refractivity contribution in [2.75, 3.05) is 18.6 Å². The minimum Gasteiger partial charge on any atom is -0.361 e. The third-order valence-electron chi connectivity index (χ3n) is 2.63. The maximum Gasteiger partial charge on any atom is 0.228 e. The van der Waals surface area contributed by atoms with Gasteiger partial charge in [-0.25, -0.2) is 0 Å². The second kappa shape index (κ2) is 6.69. The lowest BCUT2D eigenvalue weighted by Gasteiger charge is -2.24. The monoisotopic (exact) mass is 256 g/mol. The Bertz CT molecular complexity index is 365. The zero-order valence-electron chi connectivity index (χ0n) is 10.9. The van der Waals surface area contributed by atoms with Gasteiger partial charge in [0.15, 0.2) is 0 Å². The van der Waals surface area contributed by atoms with Crippen molar-refractivity contribution in [2.45, 2.75) is 33.2 Å². The number of nitrogens with zero attached hydrogens (tertiary/aromatic N) is 2. The van der Waals surface area contributed by atoms with Crippen LogP contribution in [-0.2, 0) is 11.2 Å². The fourth-order valence-electron chi connectivity index (χ4n) is 1.43. The molecule has 96 valence electrons. The van der Waals surface area contributed by atoms with Crippen molar-refractivity contribution in [1.82, 2.24) is 10.1 Å². The zero-order chi connectivity index (χ0) is 12.8. The molecule has 0 aliphatic carbocycles. The van der Waals surface area contributed by atoms with Gasteiger partial charge in [-0.2, -0.15) is 11.8 Å². The Labute approximate surface area is 107 Å². The van der Waals surface area contributed by atoms with E-state index < -0.39 is 0 Å². The van der Waals surface area contributed by atoms with Crippen molar-refractivity contribution in [3.05, 3.63) is 17.5 Å². The zero-order valence-corrected chi connectivity index (χ0v) is 11.7. The van der Waals surface area contributed by atoms with Gasteiger partial charge in [0, 0.05) is 24.9 Å². The molecule has 0 aliphatic rings. The Hall–Kier alpha value is -0.970. The molecule has 5 heteroatoms. The predicted molar refractivity (Wildman–Crippen MR) is 70.2 cm³/mol. The van der Waals surface area contributed by atoms with Crippen LogP contribution in [-0.4, -0.2) is 40.6 Å². The first-order valence-electron chi connectivity index (χ1n) is 5.80. The molecule has 17 heavy (non-hydrogen) atoms. The van der Waals surface area contributed by atoms with Crippen LogP contribution in [0, 0.1) is 6.92 Å². The van der Waals surface area contributed by atoms with Crippen molar-refractivity contribution in [1.29, 1.82) is 0 Å². The van der Waals surface area contributed by atoms with Crippen molar-refractivity contribution < 1.29 is 9.32 Å². The van der Waals surface area contributed by atoms with Gasteiger partial charge < -0.3 is 9.42 Å². The van der Waals surface area contributed by atoms with Gasteiger partial charge in [-0.3, -0.25) is 4.79 Å². The number of hydrogen-bond acceptors (Lipinski definition) is 4. The minimum atomic E-state index is 0.0857. The van der Waals surface area contributed by atoms with Gasteiger partial charge in [-0.15, -0.1) is 0 Å². The molecule has 0 unspecified atom stereocenters. The predicted octanol–water partition coefficient (Wildman–Crippen LogP) is 2.13. The number of aromatic nitrogens is 1. The number of thioether (sulfide) groups is 1. The molecule has 0 spiro atoms. The molecule has 0 fully saturated rings. The second-order valence-electron chi connectivity index (χ2n) is 4.12. The molecule has 1 rings (SSSR count). The Kier molecular flexibility index (Phi) is 5.55. The summed E-state index contributed by atoms with van der Waals surface area (Å²) in [5.41, 5.74) is 0.703. The van der Waals surface area contributed by atoms with E-state index in [0.717, 1.165) is 17.3 Å². The Morgan fingerprint density at radius 2 is 2.35 bits per heavy atom. The lowest BCUT2D eigenvalue weighted by molar-refractivity contribution is -0.130. The van der Waals surface area contributed by atoms with Crippen molar-refractivity contribution in [3.63, 3.8) is 0 Å². The number of carbonyl (C=O) groups is 1. The van der Waals surface area contributed by atoms with Crippen LogP contribution < -0.4 is 0 Å². The topological polar surface area (TPSA) is 46.3 Å². The van der Waals surface area contributed by atoms with Crippen LogP contribution in [0.4, 0.5) is 0 Å². The van der Waals surface area contributed by atoms with E-state index >= 15 is 0 Å². The molecule has 1 heterocycles. The van der Waals surface area contributed by atoms with Gasteiger partial charge in [0.2, 0.25) is 5.91 Å². The molecule has 0 bridgehead atoms. The number of aryl methyl sites for hydroxylation is 1. The van der Waals surface area contributed by atoms with E-state index in [4.69, 9.17) is 4.52 Å². The lowest BCUT2D eigenvalue weighted by Crippen LogP contribution is -2.37. The fraction of sp³-hybridized carbons (Fsp3) is 0.667. The molecule has 4 nitrogen and oxygen atoms in total. The maximum absolute atomic E-state index is 12.0. The van der Waals surface area contributed by atoms with Crippen molar-refractivity contribution in [3.8, 4) is 0 Å². The van der Waals surface area contributed by atoms with E-state index in [0.29, 0.717) is 12.1 Å². The van der Waals surface area contributed by atoms with Crippen LogP contribution in [0.1, 0.15) is 25.3 Å². The van der Waals surface area contributed by atoms with Gasteiger partial charge in [-0.1, -0.05) is 12.1 Å². The fourth-order valence-corrected chi connectivity index (χ4v) is 2.23. The molecule has 0 N–H and O–H groups in total. The van der Waals surface area contributed by atoms with Crippen molar-refractivity contribution in [2.24, 2.45) is 0 Å². The smallest absolute Gasteiger partial charge is 0.228 e. The van der Waals surface area contributed by atoms with E-state index in [1.54, 1.807) is 11.0 Å². The van der Waals surface area contributed by atoms with Gasteiger partial charge in [0.1, 0.15) is 5.76 Å². The number of hydrogen-bond donors (Lipinski definition) is 0. The number of amides is 1. The number of rotatable bonds is 6. The van der Waals surface area contributed by atoms with Gasteiger partial charge >= 0.3 is 0 Å². The Morgan fingerprint density at radius 1 is 1.65 bits per heavy atom. The van der Waals surface area contributed by atoms with E-state index in [9.17, 15) is 4.79 Å². The molecule has 0 saturated heterocycles. The summed E-state index contributed by atoms with van der Waals surface area (Å²) in [6.45, 7) is 6.01. The largest absolute Gasteiger partial charge is 0.361 e. The first-order chi connectivity index (χ1) is 8.04. The summed E-state index contributed by atoms with van der Waals surface area (Å²) in [6.07, 6.45) is 0.314. The van der Waals surface area contributed by atoms with E-state index in [2.05, 4.69) is 19.0 Å². The highest BCUT2D eigenvalue weighted by atomic mass is 32.2. The molecular formula is C12H20N2O2S. The summed E-state index contributed by atoms with van der Waals surface area (Å²) in [7, 11) is 1.84. The third kappa shape index (κ3) is 4.42. The van der Waals surface area contributed by atoms with Crippen molar-refractivity contribution >= 4 is 17.7 Å². The second-order valence-corrected chi connectivity index (χ2v) is 5.44. The van der Waals surface area contributed by atoms with E-state index in [-0.39, 0.29) is 11.9 Å². The average molecular weight is 256 g/mol. The summed E-state index contributed by atoms with van der Waals surface area (Å²) in [5.74, 6) is 2.87. The summed E-state index contributed by atoms with van der Waals surface area (Å²) >= 11 is 1.84. The van der Waals surface area contributed by atoms with Crippen LogP contribution >= 0.6 is 11.8 Å². The molecule has 1 aromatic rings. The SMILES string of the molecule is CCSC[C@H](C)N(C)C(=O)Cc1cc(C)on1. The van der Waals surface area contributed by atoms with Crippen LogP contribution in [0.15, 0.2) is 10.6 Å². The highest BCUT2D eigenvalue weighted by Gasteiger charge is 2.17. The summed E-state index contributed by atoms with van der Waals surface area (Å²) in [5, 5.41) is 3.83. The average Bonchev–Trinajstić information content (AvgIpc) is 2.70. The third-order valence-corrected chi connectivity index (χ3v) is 3.75. The normalized spacial score (nSPS) is 12.5. The summed E-state index contributed by atoms with van der Waals surface area (Å²) in [6, 6.07) is 2.05. The van der Waals surface area contributed by atoms with E-state index in [1.807, 2.05) is 25.7 Å². The molecule has 1 amide bonds. The minimum absolute atomic E-state index is 0.0857. The first kappa shape index (κ1) is 14.1. The summed E-state index contributed by atoms with van der Waals surface area (Å²) < 4.78 is 4.95. The molecule has 0 saturated carbocycles. The highest BCUT2D eigenvalue weighted by Crippen LogP contribution is 2.09. The Balaban J connectivity index is 2.46. The first-order valence-corrected chi connectivity index (χ1v) is 6.95. The van der Waals surface area contributed by atoms with Gasteiger partial charge in [-0.05, 0) is 19.6 Å². The maximum atomic E-state index is 12.0. The lowest BCUT2D eigenvalue weighted by atomic mass is 10.2. The molecule has 1 atom stereocenters. The highest BCUT2D eigenvalue weighted by molar-refractivity contribution is 7.99. The number of carbonyl (C=O) groups excluding carboxylic acids is 1. The van der Waals surface area contributed by atoms with Gasteiger partial charge in [0.05, 0.1) is 12.1 Å². The van der Waals surface area contributed by atoms with Crippen LogP contribution in [0.5, 0.6) is 0 Å². The molecule has 1 aromatic heterocycles. The Morgan fingerprint density at radius 3 is 2.88 bits per heavy atom. The number of likely N-dealkylation sites (N-methyl/N-ethyl adjacent to an activating group) is 1. The standard InChI is InChI=1S/C12H20N2O2S/c1-5-17-8-9(2)14(4)12(15)7-11-6-10(3)16-13-11/h6,9H,5,7-8H2,1-4H3/t9-/m0/s1. The molecule has 0 aliphatic heterocycles. The molecule has 0 aromatic carbocycles. The molecular weight excluding hydrogens is 236 g/mol. The quantitative estimate of drug-likeness (QED) is 0.782. The summed E-state index contributed by atoms with van der Waals surface area (Å²) in [4.78, 5) is 13.7. The van der Waals surface area contributed by atoms with Crippen LogP contribution in [0.2, 0.25) is 0 Å². The van der Waals surface area contributed by atoms with Crippen LogP contribution in [0.3, 0.4) is 0 Å². The molecule has 0 radical (unpaired) electrons.